The summed E-state index contributed by atoms with van der Waals surface area (Å²) in [7, 11) is 0. The van der Waals surface area contributed by atoms with Gasteiger partial charge in [0.2, 0.25) is 0 Å². The van der Waals surface area contributed by atoms with Gasteiger partial charge in [0.15, 0.2) is 0 Å². The fraction of sp³-hybridized carbons (Fsp3) is 0.353. The van der Waals surface area contributed by atoms with E-state index in [0.29, 0.717) is 29.6 Å². The van der Waals surface area contributed by atoms with Crippen molar-refractivity contribution in [1.29, 1.82) is 0 Å². The number of anilines is 1. The van der Waals surface area contributed by atoms with Gasteiger partial charge < -0.3 is 10.6 Å². The highest BCUT2D eigenvalue weighted by Crippen LogP contribution is 2.21. The molecule has 2 N–H and O–H groups in total. The third-order valence-electron chi connectivity index (χ3n) is 3.44. The maximum Gasteiger partial charge on any atom is 0.251 e. The van der Waals surface area contributed by atoms with Gasteiger partial charge >= 0.3 is 0 Å². The van der Waals surface area contributed by atoms with Gasteiger partial charge in [-0.05, 0) is 32.4 Å². The Morgan fingerprint density at radius 2 is 1.83 bits per heavy atom. The van der Waals surface area contributed by atoms with E-state index in [1.807, 2.05) is 38.1 Å². The van der Waals surface area contributed by atoms with Gasteiger partial charge in [-0.3, -0.25) is 4.79 Å². The van der Waals surface area contributed by atoms with Gasteiger partial charge in [-0.1, -0.05) is 36.2 Å². The average Bonchev–Trinajstić information content (AvgIpc) is 2.51. The van der Waals surface area contributed by atoms with E-state index < -0.39 is 0 Å². The number of amides is 1. The summed E-state index contributed by atoms with van der Waals surface area (Å²) in [5.74, 6) is 1.27. The number of nitrogens with zero attached hydrogens (tertiary/aromatic N) is 2. The average molecular weight is 333 g/mol. The highest BCUT2D eigenvalue weighted by atomic mass is 35.5. The zero-order chi connectivity index (χ0) is 16.8. The minimum atomic E-state index is -0.0839. The molecule has 0 aliphatic heterocycles. The van der Waals surface area contributed by atoms with Crippen molar-refractivity contribution in [1.82, 2.24) is 15.3 Å². The molecule has 0 unspecified atom stereocenters. The fourth-order valence-corrected chi connectivity index (χ4v) is 2.53. The van der Waals surface area contributed by atoms with Crippen molar-refractivity contribution in [2.75, 3.05) is 18.4 Å². The van der Waals surface area contributed by atoms with E-state index in [4.69, 9.17) is 11.6 Å². The second kappa shape index (κ2) is 7.92. The maximum absolute atomic E-state index is 12.0. The van der Waals surface area contributed by atoms with E-state index in [9.17, 15) is 4.79 Å². The summed E-state index contributed by atoms with van der Waals surface area (Å²) in [5.41, 5.74) is 2.68. The van der Waals surface area contributed by atoms with Crippen molar-refractivity contribution in [3.63, 3.8) is 0 Å². The summed E-state index contributed by atoms with van der Waals surface area (Å²) in [6, 6.07) is 7.49. The molecular weight excluding hydrogens is 312 g/mol. The Labute approximate surface area is 141 Å². The summed E-state index contributed by atoms with van der Waals surface area (Å²) in [6.45, 7) is 6.86. The molecule has 0 atom stereocenters. The Morgan fingerprint density at radius 3 is 2.48 bits per heavy atom. The predicted molar refractivity (Wildman–Crippen MR) is 93.2 cm³/mol. The van der Waals surface area contributed by atoms with Gasteiger partial charge in [0.05, 0.1) is 0 Å². The van der Waals surface area contributed by atoms with Gasteiger partial charge in [-0.25, -0.2) is 9.97 Å². The first-order chi connectivity index (χ1) is 11.0. The molecule has 0 spiro atoms. The van der Waals surface area contributed by atoms with Crippen LogP contribution in [0, 0.1) is 13.8 Å². The molecule has 122 valence electrons. The van der Waals surface area contributed by atoms with Crippen LogP contribution in [-0.2, 0) is 6.42 Å². The number of rotatable bonds is 6. The lowest BCUT2D eigenvalue weighted by Gasteiger charge is -2.12. The molecule has 0 fully saturated rings. The Morgan fingerprint density at radius 1 is 1.13 bits per heavy atom. The molecule has 2 aromatic rings. The van der Waals surface area contributed by atoms with Crippen LogP contribution in [-0.4, -0.2) is 29.0 Å². The maximum atomic E-state index is 12.0. The normalized spacial score (nSPS) is 10.4. The van der Waals surface area contributed by atoms with Gasteiger partial charge in [0.25, 0.3) is 5.91 Å². The van der Waals surface area contributed by atoms with Crippen molar-refractivity contribution >= 4 is 23.3 Å². The van der Waals surface area contributed by atoms with E-state index in [1.165, 1.54) is 0 Å². The molecule has 1 heterocycles. The number of hydrogen-bond donors (Lipinski definition) is 2. The number of aryl methyl sites for hydroxylation is 2. The second-order valence-corrected chi connectivity index (χ2v) is 5.65. The number of hydrogen-bond acceptors (Lipinski definition) is 4. The molecule has 0 bridgehead atoms. The van der Waals surface area contributed by atoms with Crippen LogP contribution in [0.2, 0.25) is 5.15 Å². The largest absolute Gasteiger partial charge is 0.368 e. The molecule has 23 heavy (non-hydrogen) atoms. The zero-order valence-corrected chi connectivity index (χ0v) is 14.4. The highest BCUT2D eigenvalue weighted by Gasteiger charge is 2.10. The van der Waals surface area contributed by atoms with E-state index in [0.717, 1.165) is 23.4 Å². The van der Waals surface area contributed by atoms with Gasteiger partial charge in [-0.15, -0.1) is 0 Å². The third kappa shape index (κ3) is 4.66. The minimum absolute atomic E-state index is 0.0839. The Bertz CT molecular complexity index is 686. The summed E-state index contributed by atoms with van der Waals surface area (Å²) in [6.07, 6.45) is 0.747. The molecule has 2 rings (SSSR count). The monoisotopic (exact) mass is 332 g/mol. The van der Waals surface area contributed by atoms with Gasteiger partial charge in [-0.2, -0.15) is 0 Å². The quantitative estimate of drug-likeness (QED) is 0.630. The van der Waals surface area contributed by atoms with Crippen LogP contribution < -0.4 is 10.6 Å². The van der Waals surface area contributed by atoms with Crippen LogP contribution in [0.3, 0.4) is 0 Å². The highest BCUT2D eigenvalue weighted by molar-refractivity contribution is 6.30. The fourth-order valence-electron chi connectivity index (χ4n) is 2.18. The summed E-state index contributed by atoms with van der Waals surface area (Å²) < 4.78 is 0. The minimum Gasteiger partial charge on any atom is -0.368 e. The number of halogens is 1. The van der Waals surface area contributed by atoms with Crippen molar-refractivity contribution in [3.8, 4) is 0 Å². The lowest BCUT2D eigenvalue weighted by atomic mass is 10.1. The van der Waals surface area contributed by atoms with Crippen molar-refractivity contribution in [3.05, 3.63) is 51.9 Å². The molecule has 0 aliphatic rings. The smallest absolute Gasteiger partial charge is 0.251 e. The summed E-state index contributed by atoms with van der Waals surface area (Å²) in [5, 5.41) is 6.57. The van der Waals surface area contributed by atoms with E-state index in [-0.39, 0.29) is 5.91 Å². The first-order valence-electron chi connectivity index (χ1n) is 7.63. The summed E-state index contributed by atoms with van der Waals surface area (Å²) >= 11 is 6.13. The van der Waals surface area contributed by atoms with Crippen molar-refractivity contribution < 1.29 is 4.79 Å². The zero-order valence-electron chi connectivity index (χ0n) is 13.6. The number of carbonyl (C=O) groups is 1. The standard InChI is InChI=1S/C17H21ClN4O/c1-4-14-15(18)21-12(3)22-16(14)19-9-10-20-17(23)13-7-5-11(2)6-8-13/h5-8H,4,9-10H2,1-3H3,(H,20,23)(H,19,21,22). The van der Waals surface area contributed by atoms with Crippen LogP contribution in [0.4, 0.5) is 5.82 Å². The Hall–Kier alpha value is -2.14. The molecule has 6 heteroatoms. The molecule has 1 amide bonds. The lowest BCUT2D eigenvalue weighted by Crippen LogP contribution is -2.29. The molecule has 0 saturated carbocycles. The van der Waals surface area contributed by atoms with Crippen LogP contribution >= 0.6 is 11.6 Å². The van der Waals surface area contributed by atoms with Crippen LogP contribution in [0.15, 0.2) is 24.3 Å². The van der Waals surface area contributed by atoms with Gasteiger partial charge in [0, 0.05) is 24.2 Å². The predicted octanol–water partition coefficient (Wildman–Crippen LogP) is 3.15. The van der Waals surface area contributed by atoms with Crippen molar-refractivity contribution in [2.45, 2.75) is 27.2 Å². The summed E-state index contributed by atoms with van der Waals surface area (Å²) in [4.78, 5) is 20.5. The topological polar surface area (TPSA) is 66.9 Å². The Balaban J connectivity index is 1.88. The molecular formula is C17H21ClN4O. The molecule has 1 aromatic heterocycles. The van der Waals surface area contributed by atoms with Crippen LogP contribution in [0.25, 0.3) is 0 Å². The van der Waals surface area contributed by atoms with Crippen LogP contribution in [0.1, 0.15) is 34.2 Å². The van der Waals surface area contributed by atoms with E-state index in [2.05, 4.69) is 20.6 Å². The molecule has 5 nitrogen and oxygen atoms in total. The molecule has 0 saturated heterocycles. The first-order valence-corrected chi connectivity index (χ1v) is 8.00. The second-order valence-electron chi connectivity index (χ2n) is 5.29. The molecule has 0 radical (unpaired) electrons. The number of nitrogens with one attached hydrogen (secondary N) is 2. The number of benzene rings is 1. The Kier molecular flexibility index (Phi) is 5.93. The molecule has 1 aromatic carbocycles. The van der Waals surface area contributed by atoms with Crippen LogP contribution in [0.5, 0.6) is 0 Å². The number of aromatic nitrogens is 2. The third-order valence-corrected chi connectivity index (χ3v) is 3.75. The van der Waals surface area contributed by atoms with E-state index >= 15 is 0 Å². The van der Waals surface area contributed by atoms with Crippen molar-refractivity contribution in [2.24, 2.45) is 0 Å². The lowest BCUT2D eigenvalue weighted by molar-refractivity contribution is 0.0955. The molecule has 0 aliphatic carbocycles. The SMILES string of the molecule is CCc1c(Cl)nc(C)nc1NCCNC(=O)c1ccc(C)cc1. The number of carbonyl (C=O) groups excluding carboxylic acids is 1. The van der Waals surface area contributed by atoms with Gasteiger partial charge in [0.1, 0.15) is 16.8 Å². The first kappa shape index (κ1) is 17.2. The van der Waals surface area contributed by atoms with E-state index in [1.54, 1.807) is 6.92 Å².